The standard InChI is InChI=1S/C12H14ClN3O3S/c13-11-5-9(10(7-14-11)16(18)19)12(17)15-6-8-1-3-20-4-2-8/h5,7-8H,1-4,6H2,(H,15,17). The van der Waals surface area contributed by atoms with Gasteiger partial charge < -0.3 is 5.32 Å². The Morgan fingerprint density at radius 1 is 1.55 bits per heavy atom. The van der Waals surface area contributed by atoms with Crippen LogP contribution in [0.5, 0.6) is 0 Å². The Kier molecular flexibility index (Phi) is 5.19. The first kappa shape index (κ1) is 15.1. The van der Waals surface area contributed by atoms with Crippen molar-refractivity contribution >= 4 is 35.0 Å². The van der Waals surface area contributed by atoms with Gasteiger partial charge in [-0.25, -0.2) is 4.98 Å². The van der Waals surface area contributed by atoms with Crippen LogP contribution in [0.25, 0.3) is 0 Å². The summed E-state index contributed by atoms with van der Waals surface area (Å²) in [6, 6.07) is 1.23. The lowest BCUT2D eigenvalue weighted by molar-refractivity contribution is -0.385. The number of halogens is 1. The van der Waals surface area contributed by atoms with Gasteiger partial charge in [0, 0.05) is 6.54 Å². The molecule has 2 rings (SSSR count). The summed E-state index contributed by atoms with van der Waals surface area (Å²) in [6.07, 6.45) is 3.13. The molecule has 1 fully saturated rings. The van der Waals surface area contributed by atoms with Gasteiger partial charge in [-0.1, -0.05) is 11.6 Å². The topological polar surface area (TPSA) is 85.1 Å². The number of hydrogen-bond acceptors (Lipinski definition) is 5. The molecule has 20 heavy (non-hydrogen) atoms. The minimum atomic E-state index is -0.629. The minimum absolute atomic E-state index is 0.0415. The maximum atomic E-state index is 12.1. The number of pyridine rings is 1. The smallest absolute Gasteiger partial charge is 0.300 e. The third-order valence-corrected chi connectivity index (χ3v) is 4.44. The highest BCUT2D eigenvalue weighted by molar-refractivity contribution is 7.99. The highest BCUT2D eigenvalue weighted by atomic mass is 35.5. The van der Waals surface area contributed by atoms with Crippen LogP contribution in [0, 0.1) is 16.0 Å². The van der Waals surface area contributed by atoms with Gasteiger partial charge in [-0.05, 0) is 36.3 Å². The van der Waals surface area contributed by atoms with Gasteiger partial charge >= 0.3 is 0 Å². The Morgan fingerprint density at radius 3 is 2.90 bits per heavy atom. The molecule has 1 N–H and O–H groups in total. The first-order valence-corrected chi connectivity index (χ1v) is 7.77. The van der Waals surface area contributed by atoms with Crippen molar-refractivity contribution < 1.29 is 9.72 Å². The van der Waals surface area contributed by atoms with Crippen molar-refractivity contribution in [3.05, 3.63) is 33.1 Å². The molecule has 0 radical (unpaired) electrons. The van der Waals surface area contributed by atoms with Crippen LogP contribution in [0.2, 0.25) is 5.15 Å². The molecule has 0 saturated carbocycles. The highest BCUT2D eigenvalue weighted by Crippen LogP contribution is 2.23. The molecule has 8 heteroatoms. The zero-order valence-corrected chi connectivity index (χ0v) is 12.2. The Bertz CT molecular complexity index is 521. The van der Waals surface area contributed by atoms with Crippen molar-refractivity contribution in [3.8, 4) is 0 Å². The highest BCUT2D eigenvalue weighted by Gasteiger charge is 2.22. The molecule has 0 aliphatic carbocycles. The van der Waals surface area contributed by atoms with E-state index in [0.717, 1.165) is 30.5 Å². The Labute approximate surface area is 125 Å². The van der Waals surface area contributed by atoms with Gasteiger partial charge in [-0.15, -0.1) is 0 Å². The summed E-state index contributed by atoms with van der Waals surface area (Å²) in [7, 11) is 0. The average molecular weight is 316 g/mol. The van der Waals surface area contributed by atoms with Crippen LogP contribution in [0.4, 0.5) is 5.69 Å². The van der Waals surface area contributed by atoms with E-state index in [0.29, 0.717) is 12.5 Å². The van der Waals surface area contributed by atoms with E-state index in [4.69, 9.17) is 11.6 Å². The molecule has 1 saturated heterocycles. The SMILES string of the molecule is O=C(NCC1CCSCC1)c1cc(Cl)ncc1[N+](=O)[O-]. The van der Waals surface area contributed by atoms with Crippen molar-refractivity contribution in [2.24, 2.45) is 5.92 Å². The molecule has 1 amide bonds. The third kappa shape index (κ3) is 3.83. The lowest BCUT2D eigenvalue weighted by Gasteiger charge is -2.21. The first-order valence-electron chi connectivity index (χ1n) is 6.24. The van der Waals surface area contributed by atoms with E-state index in [1.165, 1.54) is 6.07 Å². The van der Waals surface area contributed by atoms with Crippen LogP contribution in [0.1, 0.15) is 23.2 Å². The summed E-state index contributed by atoms with van der Waals surface area (Å²) in [4.78, 5) is 25.9. The van der Waals surface area contributed by atoms with Crippen LogP contribution in [0.15, 0.2) is 12.3 Å². The van der Waals surface area contributed by atoms with Gasteiger partial charge in [-0.3, -0.25) is 14.9 Å². The largest absolute Gasteiger partial charge is 0.352 e. The second-order valence-corrected chi connectivity index (χ2v) is 6.16. The number of nitrogens with one attached hydrogen (secondary N) is 1. The molecule has 0 spiro atoms. The number of carbonyl (C=O) groups excluding carboxylic acids is 1. The van der Waals surface area contributed by atoms with Gasteiger partial charge in [-0.2, -0.15) is 11.8 Å². The number of thioether (sulfide) groups is 1. The predicted octanol–water partition coefficient (Wildman–Crippen LogP) is 2.52. The van der Waals surface area contributed by atoms with Crippen LogP contribution in [-0.2, 0) is 0 Å². The van der Waals surface area contributed by atoms with Gasteiger partial charge in [0.2, 0.25) is 0 Å². The first-order chi connectivity index (χ1) is 9.58. The predicted molar refractivity (Wildman–Crippen MR) is 78.3 cm³/mol. The molecule has 0 atom stereocenters. The zero-order chi connectivity index (χ0) is 14.5. The van der Waals surface area contributed by atoms with Gasteiger partial charge in [0.05, 0.1) is 4.92 Å². The Morgan fingerprint density at radius 2 is 2.25 bits per heavy atom. The fourth-order valence-corrected chi connectivity index (χ4v) is 3.39. The summed E-state index contributed by atoms with van der Waals surface area (Å²) < 4.78 is 0. The summed E-state index contributed by atoms with van der Waals surface area (Å²) in [5.41, 5.74) is -0.369. The molecule has 0 bridgehead atoms. The molecule has 2 heterocycles. The van der Waals surface area contributed by atoms with Gasteiger partial charge in [0.25, 0.3) is 11.6 Å². The number of nitrogens with zero attached hydrogens (tertiary/aromatic N) is 2. The summed E-state index contributed by atoms with van der Waals surface area (Å²) in [5.74, 6) is 2.17. The maximum absolute atomic E-state index is 12.1. The fourth-order valence-electron chi connectivity index (χ4n) is 2.03. The second-order valence-electron chi connectivity index (χ2n) is 4.55. The molecule has 1 aromatic heterocycles. The van der Waals surface area contributed by atoms with E-state index in [2.05, 4.69) is 10.3 Å². The van der Waals surface area contributed by atoms with Crippen molar-refractivity contribution in [2.45, 2.75) is 12.8 Å². The molecule has 1 aliphatic heterocycles. The minimum Gasteiger partial charge on any atom is -0.352 e. The number of amides is 1. The molecule has 1 aliphatic rings. The van der Waals surface area contributed by atoms with Crippen molar-refractivity contribution in [2.75, 3.05) is 18.1 Å². The maximum Gasteiger partial charge on any atom is 0.300 e. The number of aromatic nitrogens is 1. The molecule has 0 unspecified atom stereocenters. The molecule has 6 nitrogen and oxygen atoms in total. The lowest BCUT2D eigenvalue weighted by atomic mass is 10.0. The summed E-state index contributed by atoms with van der Waals surface area (Å²) in [6.45, 7) is 0.538. The summed E-state index contributed by atoms with van der Waals surface area (Å²) >= 11 is 7.61. The van der Waals surface area contributed by atoms with Crippen LogP contribution < -0.4 is 5.32 Å². The van der Waals surface area contributed by atoms with E-state index in [9.17, 15) is 14.9 Å². The van der Waals surface area contributed by atoms with Crippen molar-refractivity contribution in [1.29, 1.82) is 0 Å². The second kappa shape index (κ2) is 6.90. The van der Waals surface area contributed by atoms with E-state index in [-0.39, 0.29) is 16.4 Å². The monoisotopic (exact) mass is 315 g/mol. The molecular formula is C12H14ClN3O3S. The molecular weight excluding hydrogens is 302 g/mol. The van der Waals surface area contributed by atoms with Gasteiger partial charge in [0.15, 0.2) is 0 Å². The van der Waals surface area contributed by atoms with Crippen molar-refractivity contribution in [1.82, 2.24) is 10.3 Å². The van der Waals surface area contributed by atoms with Gasteiger partial charge in [0.1, 0.15) is 16.9 Å². The normalized spacial score (nSPS) is 15.8. The third-order valence-electron chi connectivity index (χ3n) is 3.18. The Balaban J connectivity index is 2.04. The Hall–Kier alpha value is -1.34. The van der Waals surface area contributed by atoms with Crippen molar-refractivity contribution in [3.63, 3.8) is 0 Å². The number of carbonyl (C=O) groups is 1. The number of nitro groups is 1. The molecule has 108 valence electrons. The zero-order valence-electron chi connectivity index (χ0n) is 10.7. The van der Waals surface area contributed by atoms with Crippen LogP contribution in [0.3, 0.4) is 0 Å². The van der Waals surface area contributed by atoms with E-state index in [1.54, 1.807) is 0 Å². The summed E-state index contributed by atoms with van der Waals surface area (Å²) in [5, 5.41) is 13.7. The number of rotatable bonds is 4. The average Bonchev–Trinajstić information content (AvgIpc) is 2.45. The van der Waals surface area contributed by atoms with E-state index >= 15 is 0 Å². The quantitative estimate of drug-likeness (QED) is 0.524. The number of hydrogen-bond donors (Lipinski definition) is 1. The van der Waals surface area contributed by atoms with Crippen LogP contribution >= 0.6 is 23.4 Å². The molecule has 0 aromatic carbocycles. The fraction of sp³-hybridized carbons (Fsp3) is 0.500. The lowest BCUT2D eigenvalue weighted by Crippen LogP contribution is -2.31. The molecule has 1 aromatic rings. The van der Waals surface area contributed by atoms with E-state index in [1.807, 2.05) is 11.8 Å². The van der Waals surface area contributed by atoms with E-state index < -0.39 is 10.8 Å². The van der Waals surface area contributed by atoms with Crippen LogP contribution in [-0.4, -0.2) is 33.9 Å².